The van der Waals surface area contributed by atoms with Crippen molar-refractivity contribution in [2.45, 2.75) is 59.5 Å². The molecule has 0 radical (unpaired) electrons. The molecule has 92 valence electrons. The summed E-state index contributed by atoms with van der Waals surface area (Å²) >= 11 is 1.75. The zero-order valence-electron chi connectivity index (χ0n) is 10.9. The van der Waals surface area contributed by atoms with E-state index in [4.69, 9.17) is 0 Å². The Morgan fingerprint density at radius 1 is 1.31 bits per heavy atom. The van der Waals surface area contributed by atoms with E-state index in [1.165, 1.54) is 29.8 Å². The third-order valence-corrected chi connectivity index (χ3v) is 3.81. The van der Waals surface area contributed by atoms with Gasteiger partial charge in [-0.3, -0.25) is 0 Å². The fourth-order valence-corrected chi connectivity index (χ4v) is 2.43. The van der Waals surface area contributed by atoms with Crippen LogP contribution in [-0.4, -0.2) is 11.0 Å². The second-order valence-corrected chi connectivity index (χ2v) is 5.91. The van der Waals surface area contributed by atoms with Crippen molar-refractivity contribution in [3.05, 3.63) is 16.1 Å². The van der Waals surface area contributed by atoms with Crippen molar-refractivity contribution in [3.8, 4) is 0 Å². The first-order valence-corrected chi connectivity index (χ1v) is 7.10. The summed E-state index contributed by atoms with van der Waals surface area (Å²) in [4.78, 5) is 5.63. The summed E-state index contributed by atoms with van der Waals surface area (Å²) in [5.74, 6) is 0.830. The summed E-state index contributed by atoms with van der Waals surface area (Å²) in [5, 5.41) is 3.57. The molecule has 1 aromatic heterocycles. The normalized spacial score (nSPS) is 13.3. The second kappa shape index (κ2) is 7.02. The fraction of sp³-hybridized carbons (Fsp3) is 0.769. The Labute approximate surface area is 103 Å². The van der Waals surface area contributed by atoms with Gasteiger partial charge in [0.15, 0.2) is 0 Å². The Morgan fingerprint density at radius 3 is 2.62 bits per heavy atom. The Bertz CT molecular complexity index is 294. The molecular weight excluding hydrogens is 216 g/mol. The van der Waals surface area contributed by atoms with Crippen LogP contribution in [0.25, 0.3) is 0 Å². The average Bonchev–Trinajstić information content (AvgIpc) is 2.60. The van der Waals surface area contributed by atoms with Crippen LogP contribution in [0.4, 0.5) is 0 Å². The SMILES string of the molecule is Cc1ncsc1CNC(C)CCCC(C)C. The zero-order chi connectivity index (χ0) is 12.0. The minimum atomic E-state index is 0.611. The quantitative estimate of drug-likeness (QED) is 0.785. The van der Waals surface area contributed by atoms with Crippen LogP contribution >= 0.6 is 11.3 Å². The van der Waals surface area contributed by atoms with Gasteiger partial charge in [-0.15, -0.1) is 11.3 Å². The van der Waals surface area contributed by atoms with Crippen LogP contribution in [0.3, 0.4) is 0 Å². The highest BCUT2D eigenvalue weighted by Crippen LogP contribution is 2.13. The van der Waals surface area contributed by atoms with Gasteiger partial charge < -0.3 is 5.32 Å². The predicted octanol–water partition coefficient (Wildman–Crippen LogP) is 3.76. The van der Waals surface area contributed by atoms with Crippen molar-refractivity contribution in [3.63, 3.8) is 0 Å². The predicted molar refractivity (Wildman–Crippen MR) is 71.8 cm³/mol. The maximum absolute atomic E-state index is 4.26. The van der Waals surface area contributed by atoms with Crippen LogP contribution in [-0.2, 0) is 6.54 Å². The van der Waals surface area contributed by atoms with Crippen LogP contribution in [0.5, 0.6) is 0 Å². The first-order valence-electron chi connectivity index (χ1n) is 6.22. The number of hydrogen-bond acceptors (Lipinski definition) is 3. The van der Waals surface area contributed by atoms with Gasteiger partial charge in [-0.1, -0.05) is 26.7 Å². The van der Waals surface area contributed by atoms with E-state index in [-0.39, 0.29) is 0 Å². The molecule has 0 aliphatic heterocycles. The van der Waals surface area contributed by atoms with Crippen molar-refractivity contribution < 1.29 is 0 Å². The summed E-state index contributed by atoms with van der Waals surface area (Å²) < 4.78 is 0. The molecule has 1 N–H and O–H groups in total. The average molecular weight is 240 g/mol. The van der Waals surface area contributed by atoms with Crippen LogP contribution in [0.1, 0.15) is 50.6 Å². The molecule has 1 atom stereocenters. The number of nitrogens with one attached hydrogen (secondary N) is 1. The number of aromatic nitrogens is 1. The summed E-state index contributed by atoms with van der Waals surface area (Å²) in [6.07, 6.45) is 3.94. The highest BCUT2D eigenvalue weighted by molar-refractivity contribution is 7.09. The van der Waals surface area contributed by atoms with Gasteiger partial charge in [-0.05, 0) is 26.2 Å². The highest BCUT2D eigenvalue weighted by Gasteiger charge is 2.05. The maximum Gasteiger partial charge on any atom is 0.0798 e. The molecule has 0 aliphatic rings. The van der Waals surface area contributed by atoms with E-state index in [0.717, 1.165) is 12.5 Å². The smallest absolute Gasteiger partial charge is 0.0798 e. The minimum Gasteiger partial charge on any atom is -0.309 e. The number of rotatable bonds is 7. The van der Waals surface area contributed by atoms with Crippen LogP contribution in [0.15, 0.2) is 5.51 Å². The Balaban J connectivity index is 2.15. The standard InChI is InChI=1S/C13H24N2S/c1-10(2)6-5-7-11(3)14-8-13-12(4)15-9-16-13/h9-11,14H,5-8H2,1-4H3. The minimum absolute atomic E-state index is 0.611. The van der Waals surface area contributed by atoms with Crippen LogP contribution in [0.2, 0.25) is 0 Å². The molecule has 0 amide bonds. The Hall–Kier alpha value is -0.410. The van der Waals surface area contributed by atoms with Crippen molar-refractivity contribution in [1.82, 2.24) is 10.3 Å². The van der Waals surface area contributed by atoms with E-state index in [9.17, 15) is 0 Å². The molecule has 0 fully saturated rings. The van der Waals surface area contributed by atoms with E-state index in [1.54, 1.807) is 11.3 Å². The summed E-state index contributed by atoms with van der Waals surface area (Å²) in [6.45, 7) is 9.91. The molecule has 0 aliphatic carbocycles. The van der Waals surface area contributed by atoms with Crippen LogP contribution in [0, 0.1) is 12.8 Å². The molecule has 1 unspecified atom stereocenters. The number of hydrogen-bond donors (Lipinski definition) is 1. The lowest BCUT2D eigenvalue weighted by Gasteiger charge is -2.13. The third-order valence-electron chi connectivity index (χ3n) is 2.87. The van der Waals surface area contributed by atoms with Gasteiger partial charge in [0.05, 0.1) is 11.2 Å². The zero-order valence-corrected chi connectivity index (χ0v) is 11.7. The molecule has 0 bridgehead atoms. The molecule has 0 saturated carbocycles. The van der Waals surface area contributed by atoms with Gasteiger partial charge in [0.1, 0.15) is 0 Å². The second-order valence-electron chi connectivity index (χ2n) is 4.97. The summed E-state index contributed by atoms with van der Waals surface area (Å²) in [6, 6.07) is 0.611. The molecule has 3 heteroatoms. The van der Waals surface area contributed by atoms with Gasteiger partial charge >= 0.3 is 0 Å². The Morgan fingerprint density at radius 2 is 2.06 bits per heavy atom. The molecular formula is C13H24N2S. The lowest BCUT2D eigenvalue weighted by atomic mass is 10.0. The summed E-state index contributed by atoms with van der Waals surface area (Å²) in [5.41, 5.74) is 3.10. The van der Waals surface area contributed by atoms with E-state index in [2.05, 4.69) is 38.0 Å². The maximum atomic E-state index is 4.26. The highest BCUT2D eigenvalue weighted by atomic mass is 32.1. The topological polar surface area (TPSA) is 24.9 Å². The number of nitrogens with zero attached hydrogens (tertiary/aromatic N) is 1. The van der Waals surface area contributed by atoms with Gasteiger partial charge in [0.25, 0.3) is 0 Å². The molecule has 0 aromatic carbocycles. The van der Waals surface area contributed by atoms with Gasteiger partial charge in [-0.25, -0.2) is 4.98 Å². The van der Waals surface area contributed by atoms with Gasteiger partial charge in [0.2, 0.25) is 0 Å². The van der Waals surface area contributed by atoms with Crippen LogP contribution < -0.4 is 5.32 Å². The first-order chi connectivity index (χ1) is 7.59. The van der Waals surface area contributed by atoms with Crippen molar-refractivity contribution in [1.29, 1.82) is 0 Å². The van der Waals surface area contributed by atoms with Crippen molar-refractivity contribution in [2.75, 3.05) is 0 Å². The Kier molecular flexibility index (Phi) is 5.99. The van der Waals surface area contributed by atoms with E-state index >= 15 is 0 Å². The molecule has 0 saturated heterocycles. The van der Waals surface area contributed by atoms with Gasteiger partial charge in [-0.2, -0.15) is 0 Å². The largest absolute Gasteiger partial charge is 0.309 e. The van der Waals surface area contributed by atoms with E-state index < -0.39 is 0 Å². The lowest BCUT2D eigenvalue weighted by molar-refractivity contribution is 0.458. The molecule has 0 spiro atoms. The molecule has 16 heavy (non-hydrogen) atoms. The number of aryl methyl sites for hydroxylation is 1. The molecule has 2 nitrogen and oxygen atoms in total. The van der Waals surface area contributed by atoms with E-state index in [0.29, 0.717) is 6.04 Å². The molecule has 1 heterocycles. The third kappa shape index (κ3) is 5.08. The molecule has 1 rings (SSSR count). The monoisotopic (exact) mass is 240 g/mol. The van der Waals surface area contributed by atoms with E-state index in [1.807, 2.05) is 5.51 Å². The number of thiazole rings is 1. The fourth-order valence-electron chi connectivity index (χ4n) is 1.70. The first kappa shape index (κ1) is 13.7. The lowest BCUT2D eigenvalue weighted by Crippen LogP contribution is -2.25. The van der Waals surface area contributed by atoms with Crippen molar-refractivity contribution >= 4 is 11.3 Å². The molecule has 1 aromatic rings. The van der Waals surface area contributed by atoms with Gasteiger partial charge in [0, 0.05) is 17.5 Å². The van der Waals surface area contributed by atoms with Crippen molar-refractivity contribution in [2.24, 2.45) is 5.92 Å². The summed E-state index contributed by atoms with van der Waals surface area (Å²) in [7, 11) is 0.